The summed E-state index contributed by atoms with van der Waals surface area (Å²) in [6.07, 6.45) is 1.68. The van der Waals surface area contributed by atoms with Crippen LogP contribution in [-0.4, -0.2) is 28.4 Å². The van der Waals surface area contributed by atoms with Crippen LogP contribution in [0.1, 0.15) is 21.5 Å². The summed E-state index contributed by atoms with van der Waals surface area (Å²) in [5.41, 5.74) is 2.45. The van der Waals surface area contributed by atoms with E-state index in [9.17, 15) is 14.4 Å². The van der Waals surface area contributed by atoms with Crippen molar-refractivity contribution in [1.29, 1.82) is 0 Å². The van der Waals surface area contributed by atoms with Crippen LogP contribution in [0.5, 0.6) is 0 Å². The average Bonchev–Trinajstić information content (AvgIpc) is 2.85. The molecule has 0 spiro atoms. The normalized spacial score (nSPS) is 16.0. The number of amides is 2. The number of thioether (sulfide) groups is 1. The first-order valence-corrected chi connectivity index (χ1v) is 8.26. The third kappa shape index (κ3) is 3.46. The van der Waals surface area contributed by atoms with Crippen LogP contribution < -0.4 is 0 Å². The molecule has 0 bridgehead atoms. The Kier molecular flexibility index (Phi) is 4.62. The van der Waals surface area contributed by atoms with Crippen molar-refractivity contribution in [2.75, 3.05) is 6.54 Å². The van der Waals surface area contributed by atoms with Gasteiger partial charge in [0.2, 0.25) is 0 Å². The fourth-order valence-corrected chi connectivity index (χ4v) is 3.15. The van der Waals surface area contributed by atoms with Crippen LogP contribution in [0.4, 0.5) is 4.79 Å². The van der Waals surface area contributed by atoms with Crippen molar-refractivity contribution in [3.05, 3.63) is 76.2 Å². The lowest BCUT2D eigenvalue weighted by Crippen LogP contribution is -2.33. The summed E-state index contributed by atoms with van der Waals surface area (Å²) in [5, 5.41) is -0.414. The number of carbonyl (C=O) groups excluding carboxylic acids is 3. The first-order valence-electron chi connectivity index (χ1n) is 7.45. The fourth-order valence-electron chi connectivity index (χ4n) is 2.31. The molecule has 120 valence electrons. The number of carbonyl (C=O) groups is 3. The zero-order valence-corrected chi connectivity index (χ0v) is 13.9. The molecule has 0 aliphatic carbocycles. The summed E-state index contributed by atoms with van der Waals surface area (Å²) >= 11 is 0.864. The highest BCUT2D eigenvalue weighted by Crippen LogP contribution is 2.32. The minimum atomic E-state index is -0.421. The summed E-state index contributed by atoms with van der Waals surface area (Å²) in [6.45, 7) is 1.74. The van der Waals surface area contributed by atoms with E-state index in [1.807, 2.05) is 31.2 Å². The minimum absolute atomic E-state index is 0.236. The zero-order valence-electron chi connectivity index (χ0n) is 13.1. The maximum atomic E-state index is 12.4. The lowest BCUT2D eigenvalue weighted by molar-refractivity contribution is -0.122. The third-order valence-electron chi connectivity index (χ3n) is 3.65. The highest BCUT2D eigenvalue weighted by atomic mass is 32.2. The maximum Gasteiger partial charge on any atom is 0.293 e. The molecule has 0 aromatic heterocycles. The largest absolute Gasteiger partial charge is 0.293 e. The molecule has 2 aromatic rings. The SMILES string of the molecule is Cc1ccc(C=C2SC(=O)N(CC(=O)c3ccccc3)C2=O)cc1. The molecular weight excluding hydrogens is 322 g/mol. The number of benzene rings is 2. The van der Waals surface area contributed by atoms with Crippen molar-refractivity contribution in [3.8, 4) is 0 Å². The predicted molar refractivity (Wildman–Crippen MR) is 94.6 cm³/mol. The number of imide groups is 1. The number of ketones is 1. The van der Waals surface area contributed by atoms with Crippen LogP contribution in [0.2, 0.25) is 0 Å². The maximum absolute atomic E-state index is 12.4. The molecule has 0 N–H and O–H groups in total. The quantitative estimate of drug-likeness (QED) is 0.627. The number of aryl methyl sites for hydroxylation is 1. The highest BCUT2D eigenvalue weighted by molar-refractivity contribution is 8.18. The van der Waals surface area contributed by atoms with Crippen molar-refractivity contribution in [2.24, 2.45) is 0 Å². The Labute approximate surface area is 144 Å². The van der Waals surface area contributed by atoms with Gasteiger partial charge in [0.15, 0.2) is 5.78 Å². The molecule has 2 amide bonds. The van der Waals surface area contributed by atoms with E-state index >= 15 is 0 Å². The summed E-state index contributed by atoms with van der Waals surface area (Å²) in [5.74, 6) is -0.677. The molecule has 24 heavy (non-hydrogen) atoms. The van der Waals surface area contributed by atoms with Gasteiger partial charge in [0, 0.05) is 5.56 Å². The van der Waals surface area contributed by atoms with E-state index in [1.54, 1.807) is 36.4 Å². The lowest BCUT2D eigenvalue weighted by Gasteiger charge is -2.11. The van der Waals surface area contributed by atoms with Crippen molar-refractivity contribution in [2.45, 2.75) is 6.92 Å². The molecule has 2 aromatic carbocycles. The second-order valence-corrected chi connectivity index (χ2v) is 6.46. The van der Waals surface area contributed by atoms with Gasteiger partial charge in [-0.15, -0.1) is 0 Å². The van der Waals surface area contributed by atoms with E-state index in [1.165, 1.54) is 0 Å². The predicted octanol–water partition coefficient (Wildman–Crippen LogP) is 3.91. The van der Waals surface area contributed by atoms with Crippen LogP contribution in [0.15, 0.2) is 59.5 Å². The molecule has 1 fully saturated rings. The van der Waals surface area contributed by atoms with Gasteiger partial charge in [-0.1, -0.05) is 60.2 Å². The van der Waals surface area contributed by atoms with Gasteiger partial charge >= 0.3 is 0 Å². The standard InChI is InChI=1S/C19H15NO3S/c1-13-7-9-14(10-8-13)11-17-18(22)20(19(23)24-17)12-16(21)15-5-3-2-4-6-15/h2-11H,12H2,1H3. The zero-order chi connectivity index (χ0) is 17.1. The number of nitrogens with zero attached hydrogens (tertiary/aromatic N) is 1. The molecule has 0 atom stereocenters. The molecule has 1 saturated heterocycles. The van der Waals surface area contributed by atoms with Crippen LogP contribution >= 0.6 is 11.8 Å². The van der Waals surface area contributed by atoms with E-state index in [0.717, 1.165) is 27.8 Å². The van der Waals surface area contributed by atoms with E-state index in [-0.39, 0.29) is 12.3 Å². The Morgan fingerprint density at radius 2 is 1.71 bits per heavy atom. The number of rotatable bonds is 4. The lowest BCUT2D eigenvalue weighted by atomic mass is 10.1. The minimum Gasteiger partial charge on any atom is -0.292 e. The van der Waals surface area contributed by atoms with Crippen LogP contribution in [0, 0.1) is 6.92 Å². The van der Waals surface area contributed by atoms with Crippen molar-refractivity contribution in [3.63, 3.8) is 0 Å². The second kappa shape index (κ2) is 6.84. The van der Waals surface area contributed by atoms with Gasteiger partial charge in [0.25, 0.3) is 11.1 Å². The van der Waals surface area contributed by atoms with Crippen LogP contribution in [-0.2, 0) is 4.79 Å². The van der Waals surface area contributed by atoms with E-state index < -0.39 is 11.1 Å². The fraction of sp³-hybridized carbons (Fsp3) is 0.105. The molecule has 1 aliphatic rings. The Morgan fingerprint density at radius 1 is 1.04 bits per heavy atom. The summed E-state index contributed by atoms with van der Waals surface area (Å²) in [4.78, 5) is 38.1. The van der Waals surface area contributed by atoms with Gasteiger partial charge in [-0.05, 0) is 30.3 Å². The smallest absolute Gasteiger partial charge is 0.292 e. The first kappa shape index (κ1) is 16.2. The Morgan fingerprint density at radius 3 is 2.38 bits per heavy atom. The van der Waals surface area contributed by atoms with Gasteiger partial charge in [-0.2, -0.15) is 0 Å². The van der Waals surface area contributed by atoms with Gasteiger partial charge in [-0.25, -0.2) is 0 Å². The van der Waals surface area contributed by atoms with Crippen LogP contribution in [0.25, 0.3) is 6.08 Å². The van der Waals surface area contributed by atoms with Gasteiger partial charge < -0.3 is 0 Å². The number of hydrogen-bond acceptors (Lipinski definition) is 4. The topological polar surface area (TPSA) is 54.5 Å². The molecule has 3 rings (SSSR count). The van der Waals surface area contributed by atoms with Crippen LogP contribution in [0.3, 0.4) is 0 Å². The molecule has 5 heteroatoms. The average molecular weight is 337 g/mol. The molecule has 0 unspecified atom stereocenters. The number of hydrogen-bond donors (Lipinski definition) is 0. The van der Waals surface area contributed by atoms with E-state index in [0.29, 0.717) is 10.5 Å². The van der Waals surface area contributed by atoms with Gasteiger partial charge in [-0.3, -0.25) is 19.3 Å². The van der Waals surface area contributed by atoms with Gasteiger partial charge in [0.05, 0.1) is 11.4 Å². The molecule has 1 aliphatic heterocycles. The van der Waals surface area contributed by atoms with E-state index in [2.05, 4.69) is 0 Å². The second-order valence-electron chi connectivity index (χ2n) is 5.47. The third-order valence-corrected chi connectivity index (χ3v) is 4.55. The summed E-state index contributed by atoms with van der Waals surface area (Å²) in [7, 11) is 0. The van der Waals surface area contributed by atoms with Gasteiger partial charge in [0.1, 0.15) is 0 Å². The molecule has 1 heterocycles. The highest BCUT2D eigenvalue weighted by Gasteiger charge is 2.36. The molecule has 4 nitrogen and oxygen atoms in total. The molecule has 0 saturated carbocycles. The Bertz CT molecular complexity index is 825. The first-order chi connectivity index (χ1) is 11.5. The van der Waals surface area contributed by atoms with Crippen molar-refractivity contribution >= 4 is 34.8 Å². The number of Topliss-reactive ketones (excluding diaryl/α,β-unsaturated/α-hetero) is 1. The summed E-state index contributed by atoms with van der Waals surface area (Å²) in [6, 6.07) is 16.3. The van der Waals surface area contributed by atoms with E-state index in [4.69, 9.17) is 0 Å². The van der Waals surface area contributed by atoms with Crippen molar-refractivity contribution < 1.29 is 14.4 Å². The monoisotopic (exact) mass is 337 g/mol. The molecule has 0 radical (unpaired) electrons. The molecular formula is C19H15NO3S. The summed E-state index contributed by atoms with van der Waals surface area (Å²) < 4.78 is 0. The Balaban J connectivity index is 1.77. The van der Waals surface area contributed by atoms with Crippen molar-refractivity contribution in [1.82, 2.24) is 4.90 Å². The Hall–Kier alpha value is -2.66.